The third-order valence-electron chi connectivity index (χ3n) is 2.47. The number of nitrogens with zero attached hydrogens (tertiary/aromatic N) is 2. The smallest absolute Gasteiger partial charge is 0.401 e. The number of hydrogen-bond acceptors (Lipinski definition) is 4. The lowest BCUT2D eigenvalue weighted by molar-refractivity contribution is -0.138. The van der Waals surface area contributed by atoms with E-state index in [1.807, 2.05) is 0 Å². The molecule has 2 N–H and O–H groups in total. The van der Waals surface area contributed by atoms with E-state index in [1.165, 1.54) is 13.0 Å². The van der Waals surface area contributed by atoms with Gasteiger partial charge in [0.05, 0.1) is 12.1 Å². The van der Waals surface area contributed by atoms with E-state index in [9.17, 15) is 22.8 Å². The molecule has 1 heterocycles. The molecular weight excluding hydrogens is 311 g/mol. The van der Waals surface area contributed by atoms with Crippen LogP contribution in [0.4, 0.5) is 13.2 Å². The number of carbonyl (C=O) groups excluding carboxylic acids is 1. The first-order chi connectivity index (χ1) is 9.57. The molecule has 1 aromatic rings. The Labute approximate surface area is 122 Å². The predicted molar refractivity (Wildman–Crippen MR) is 68.2 cm³/mol. The summed E-state index contributed by atoms with van der Waals surface area (Å²) in [7, 11) is 0. The van der Waals surface area contributed by atoms with Gasteiger partial charge in [-0.2, -0.15) is 18.4 Å². The van der Waals surface area contributed by atoms with Gasteiger partial charge in [0.1, 0.15) is 16.7 Å². The lowest BCUT2D eigenvalue weighted by Gasteiger charge is -2.11. The van der Waals surface area contributed by atoms with Gasteiger partial charge in [0.15, 0.2) is 5.78 Å². The topological polar surface area (TPSA) is 88.9 Å². The Morgan fingerprint density at radius 2 is 2.10 bits per heavy atom. The highest BCUT2D eigenvalue weighted by molar-refractivity contribution is 6.30. The van der Waals surface area contributed by atoms with Gasteiger partial charge in [0.2, 0.25) is 0 Å². The summed E-state index contributed by atoms with van der Waals surface area (Å²) in [5, 5.41) is 8.07. The minimum Gasteiger partial charge on any atom is -0.401 e. The number of aromatic nitrogens is 1. The summed E-state index contributed by atoms with van der Waals surface area (Å²) >= 11 is 5.44. The molecule has 0 unspecified atom stereocenters. The first-order valence-corrected chi connectivity index (χ1v) is 5.82. The van der Waals surface area contributed by atoms with E-state index in [1.54, 1.807) is 0 Å². The second-order valence-electron chi connectivity index (χ2n) is 4.10. The van der Waals surface area contributed by atoms with Gasteiger partial charge in [-0.1, -0.05) is 11.6 Å². The van der Waals surface area contributed by atoms with Gasteiger partial charge in [-0.15, -0.1) is 0 Å². The molecule has 0 saturated carbocycles. The summed E-state index contributed by atoms with van der Waals surface area (Å²) in [6.45, 7) is 0.526. The van der Waals surface area contributed by atoms with Crippen LogP contribution >= 0.6 is 11.6 Å². The Bertz CT molecular complexity index is 710. The highest BCUT2D eigenvalue weighted by atomic mass is 35.5. The van der Waals surface area contributed by atoms with Crippen LogP contribution in [-0.2, 0) is 17.5 Å². The molecule has 112 valence electrons. The number of carbonyl (C=O) groups is 1. The van der Waals surface area contributed by atoms with Crippen molar-refractivity contribution >= 4 is 17.4 Å². The second kappa shape index (κ2) is 6.01. The number of nitrogens with two attached hydrogens (primary N) is 1. The van der Waals surface area contributed by atoms with Crippen LogP contribution < -0.4 is 11.3 Å². The third kappa shape index (κ3) is 3.86. The average Bonchev–Trinajstić information content (AvgIpc) is 2.33. The molecule has 0 amide bonds. The van der Waals surface area contributed by atoms with Crippen LogP contribution in [0.25, 0.3) is 0 Å². The van der Waals surface area contributed by atoms with Gasteiger partial charge in [0.25, 0.3) is 5.56 Å². The number of pyridine rings is 1. The van der Waals surface area contributed by atoms with Crippen molar-refractivity contribution in [3.05, 3.63) is 44.5 Å². The number of rotatable bonds is 3. The Kier molecular flexibility index (Phi) is 4.80. The summed E-state index contributed by atoms with van der Waals surface area (Å²) in [4.78, 5) is 23.4. The summed E-state index contributed by atoms with van der Waals surface area (Å²) in [5.74, 6) is -0.880. The molecular formula is C12H9ClF3N3O2. The summed E-state index contributed by atoms with van der Waals surface area (Å²) in [6, 6.07) is 2.01. The number of hydrogen-bond donors (Lipinski definition) is 1. The van der Waals surface area contributed by atoms with Gasteiger partial charge in [0, 0.05) is 11.9 Å². The molecule has 0 aliphatic heterocycles. The molecule has 0 spiro atoms. The Morgan fingerprint density at radius 3 is 2.52 bits per heavy atom. The van der Waals surface area contributed by atoms with Crippen LogP contribution in [0, 0.1) is 11.3 Å². The standard InChI is InChI=1S/C12H9ClF3N3O2/c1-6(18)8(3-17)10(20)5-19-4-7(12(14,15)16)2-9(13)11(19)21/h2,4H,5,18H2,1H3. The van der Waals surface area contributed by atoms with E-state index < -0.39 is 40.2 Å². The number of alkyl halides is 3. The molecule has 0 radical (unpaired) electrons. The first-order valence-electron chi connectivity index (χ1n) is 5.44. The molecule has 0 aromatic carbocycles. The number of nitriles is 1. The maximum Gasteiger partial charge on any atom is 0.417 e. The fraction of sp³-hybridized carbons (Fsp3) is 0.250. The second-order valence-corrected chi connectivity index (χ2v) is 4.51. The van der Waals surface area contributed by atoms with E-state index in [4.69, 9.17) is 22.6 Å². The molecule has 21 heavy (non-hydrogen) atoms. The molecule has 1 rings (SSSR count). The van der Waals surface area contributed by atoms with Gasteiger partial charge < -0.3 is 10.3 Å². The predicted octanol–water partition coefficient (Wildman–Crippen LogP) is 1.85. The Morgan fingerprint density at radius 1 is 1.52 bits per heavy atom. The monoisotopic (exact) mass is 319 g/mol. The zero-order chi connectivity index (χ0) is 16.4. The maximum absolute atomic E-state index is 12.6. The summed E-state index contributed by atoms with van der Waals surface area (Å²) < 4.78 is 38.4. The van der Waals surface area contributed by atoms with Crippen LogP contribution in [0.15, 0.2) is 28.3 Å². The number of allylic oxidation sites excluding steroid dienone is 2. The van der Waals surface area contributed by atoms with Gasteiger partial charge in [-0.3, -0.25) is 9.59 Å². The third-order valence-corrected chi connectivity index (χ3v) is 2.74. The van der Waals surface area contributed by atoms with Crippen molar-refractivity contribution in [2.24, 2.45) is 5.73 Å². The molecule has 9 heteroatoms. The van der Waals surface area contributed by atoms with Crippen LogP contribution in [0.5, 0.6) is 0 Å². The SMILES string of the molecule is CC(N)=C(C#N)C(=O)Cn1cc(C(F)(F)F)cc(Cl)c1=O. The maximum atomic E-state index is 12.6. The lowest BCUT2D eigenvalue weighted by Crippen LogP contribution is -2.27. The largest absolute Gasteiger partial charge is 0.417 e. The highest BCUT2D eigenvalue weighted by Gasteiger charge is 2.32. The van der Waals surface area contributed by atoms with Crippen LogP contribution in [0.3, 0.4) is 0 Å². The first kappa shape index (κ1) is 16.8. The molecule has 0 bridgehead atoms. The summed E-state index contributed by atoms with van der Waals surface area (Å²) in [5.41, 5.74) is 2.66. The Balaban J connectivity index is 3.31. The van der Waals surface area contributed by atoms with Gasteiger partial charge >= 0.3 is 6.18 Å². The molecule has 5 nitrogen and oxygen atoms in total. The number of Topliss-reactive ketones (excluding diaryl/α,β-unsaturated/α-hetero) is 1. The zero-order valence-corrected chi connectivity index (χ0v) is 11.4. The van der Waals surface area contributed by atoms with Crippen molar-refractivity contribution in [2.75, 3.05) is 0 Å². The van der Waals surface area contributed by atoms with E-state index >= 15 is 0 Å². The number of halogens is 4. The van der Waals surface area contributed by atoms with Crippen LogP contribution in [0.1, 0.15) is 12.5 Å². The van der Waals surface area contributed by atoms with E-state index in [0.717, 1.165) is 0 Å². The van der Waals surface area contributed by atoms with Crippen LogP contribution in [-0.4, -0.2) is 10.4 Å². The van der Waals surface area contributed by atoms with Crippen molar-refractivity contribution in [2.45, 2.75) is 19.6 Å². The van der Waals surface area contributed by atoms with Crippen molar-refractivity contribution in [3.63, 3.8) is 0 Å². The molecule has 0 atom stereocenters. The highest BCUT2D eigenvalue weighted by Crippen LogP contribution is 2.29. The quantitative estimate of drug-likeness (QED) is 0.680. The minimum atomic E-state index is -4.72. The van der Waals surface area contributed by atoms with E-state index in [2.05, 4.69) is 0 Å². The van der Waals surface area contributed by atoms with Crippen LogP contribution in [0.2, 0.25) is 5.02 Å². The van der Waals surface area contributed by atoms with E-state index in [0.29, 0.717) is 16.8 Å². The number of ketones is 1. The van der Waals surface area contributed by atoms with E-state index in [-0.39, 0.29) is 5.70 Å². The average molecular weight is 320 g/mol. The van der Waals surface area contributed by atoms with Crippen molar-refractivity contribution in [1.82, 2.24) is 4.57 Å². The normalized spacial score (nSPS) is 12.6. The molecule has 0 aliphatic rings. The minimum absolute atomic E-state index is 0.0892. The fourth-order valence-electron chi connectivity index (χ4n) is 1.48. The summed E-state index contributed by atoms with van der Waals surface area (Å²) in [6.07, 6.45) is -4.26. The molecule has 0 saturated heterocycles. The Hall–Kier alpha value is -2.27. The van der Waals surface area contributed by atoms with Gasteiger partial charge in [-0.05, 0) is 13.0 Å². The van der Waals surface area contributed by atoms with Crippen molar-refractivity contribution < 1.29 is 18.0 Å². The van der Waals surface area contributed by atoms with Crippen molar-refractivity contribution in [1.29, 1.82) is 5.26 Å². The molecule has 1 aromatic heterocycles. The van der Waals surface area contributed by atoms with Crippen molar-refractivity contribution in [3.8, 4) is 6.07 Å². The zero-order valence-electron chi connectivity index (χ0n) is 10.7. The molecule has 0 fully saturated rings. The fourth-order valence-corrected chi connectivity index (χ4v) is 1.70. The lowest BCUT2D eigenvalue weighted by atomic mass is 10.1. The molecule has 0 aliphatic carbocycles. The van der Waals surface area contributed by atoms with Gasteiger partial charge in [-0.25, -0.2) is 0 Å².